The van der Waals surface area contributed by atoms with Gasteiger partial charge in [-0.05, 0) is 42.4 Å². The molecule has 0 spiro atoms. The van der Waals surface area contributed by atoms with Gasteiger partial charge >= 0.3 is 6.03 Å². The fraction of sp³-hybridized carbons (Fsp3) is 0.478. The fourth-order valence-electron chi connectivity index (χ4n) is 3.70. The zero-order chi connectivity index (χ0) is 20.1. The van der Waals surface area contributed by atoms with Crippen molar-refractivity contribution in [3.05, 3.63) is 48.2 Å². The summed E-state index contributed by atoms with van der Waals surface area (Å²) in [5.41, 5.74) is 1.59. The molecule has 150 valence electrons. The predicted octanol–water partition coefficient (Wildman–Crippen LogP) is 5.87. The quantitative estimate of drug-likeness (QED) is 0.696. The van der Waals surface area contributed by atoms with Crippen molar-refractivity contribution in [2.75, 3.05) is 5.32 Å². The zero-order valence-corrected chi connectivity index (χ0v) is 17.3. The van der Waals surface area contributed by atoms with Crippen LogP contribution in [0.4, 0.5) is 10.5 Å². The summed E-state index contributed by atoms with van der Waals surface area (Å²) >= 11 is 0. The van der Waals surface area contributed by atoms with E-state index in [-0.39, 0.29) is 17.5 Å². The maximum absolute atomic E-state index is 12.6. The summed E-state index contributed by atoms with van der Waals surface area (Å²) < 4.78 is 6.13. The first-order valence-electron chi connectivity index (χ1n) is 10.1. The highest BCUT2D eigenvalue weighted by Crippen LogP contribution is 2.35. The third kappa shape index (κ3) is 5.03. The molecule has 0 bridgehead atoms. The third-order valence-corrected chi connectivity index (χ3v) is 5.35. The molecule has 0 saturated heterocycles. The maximum Gasteiger partial charge on any atom is 0.319 e. The summed E-state index contributed by atoms with van der Waals surface area (Å²) in [6, 6.07) is 11.6. The van der Waals surface area contributed by atoms with E-state index in [0.717, 1.165) is 24.2 Å². The van der Waals surface area contributed by atoms with Gasteiger partial charge in [-0.15, -0.1) is 0 Å². The molecule has 2 amide bonds. The Morgan fingerprint density at radius 1 is 1.11 bits per heavy atom. The normalized spacial score (nSPS) is 19.7. The van der Waals surface area contributed by atoms with Crippen LogP contribution in [0.3, 0.4) is 0 Å². The number of hydrogen-bond donors (Lipinski definition) is 2. The number of rotatable bonds is 4. The summed E-state index contributed by atoms with van der Waals surface area (Å²) in [7, 11) is 0. The second-order valence-electron chi connectivity index (χ2n) is 8.67. The van der Waals surface area contributed by atoms with Gasteiger partial charge in [0.2, 0.25) is 5.88 Å². The minimum absolute atomic E-state index is 0.0620. The average Bonchev–Trinajstić information content (AvgIpc) is 2.65. The lowest BCUT2D eigenvalue weighted by Crippen LogP contribution is -2.43. The van der Waals surface area contributed by atoms with Gasteiger partial charge in [0, 0.05) is 17.8 Å². The van der Waals surface area contributed by atoms with Crippen molar-refractivity contribution in [3.8, 4) is 11.6 Å². The van der Waals surface area contributed by atoms with Crippen molar-refractivity contribution in [1.29, 1.82) is 0 Å². The van der Waals surface area contributed by atoms with E-state index in [0.29, 0.717) is 17.5 Å². The number of benzene rings is 1. The van der Waals surface area contributed by atoms with Gasteiger partial charge in [-0.3, -0.25) is 0 Å². The molecule has 1 saturated carbocycles. The number of carbonyl (C=O) groups excluding carboxylic acids is 1. The molecular weight excluding hydrogens is 350 g/mol. The highest BCUT2D eigenvalue weighted by Gasteiger charge is 2.24. The van der Waals surface area contributed by atoms with Crippen LogP contribution in [0.2, 0.25) is 0 Å². The predicted molar refractivity (Wildman–Crippen MR) is 113 cm³/mol. The van der Waals surface area contributed by atoms with Crippen molar-refractivity contribution in [2.45, 2.75) is 64.8 Å². The molecule has 28 heavy (non-hydrogen) atoms. The number of nitrogens with one attached hydrogen (secondary N) is 2. The summed E-state index contributed by atoms with van der Waals surface area (Å²) in [4.78, 5) is 16.9. The molecule has 1 aliphatic carbocycles. The summed E-state index contributed by atoms with van der Waals surface area (Å²) in [6.45, 7) is 8.63. The Bertz CT molecular complexity index is 813. The molecule has 5 nitrogen and oxygen atoms in total. The summed E-state index contributed by atoms with van der Waals surface area (Å²) in [5.74, 6) is 1.65. The van der Waals surface area contributed by atoms with E-state index in [4.69, 9.17) is 4.74 Å². The molecule has 1 aliphatic rings. The monoisotopic (exact) mass is 381 g/mol. The van der Waals surface area contributed by atoms with Crippen LogP contribution in [0.1, 0.15) is 58.9 Å². The smallest absolute Gasteiger partial charge is 0.319 e. The van der Waals surface area contributed by atoms with Crippen molar-refractivity contribution < 1.29 is 9.53 Å². The maximum atomic E-state index is 12.6. The van der Waals surface area contributed by atoms with Crippen LogP contribution in [0, 0.1) is 5.92 Å². The van der Waals surface area contributed by atoms with E-state index in [1.807, 2.05) is 24.3 Å². The molecule has 0 radical (unpaired) electrons. The molecule has 1 fully saturated rings. The van der Waals surface area contributed by atoms with Gasteiger partial charge < -0.3 is 15.4 Å². The van der Waals surface area contributed by atoms with Gasteiger partial charge in [-0.1, -0.05) is 58.7 Å². The Kier molecular flexibility index (Phi) is 6.22. The van der Waals surface area contributed by atoms with Crippen molar-refractivity contribution in [3.63, 3.8) is 0 Å². The second-order valence-corrected chi connectivity index (χ2v) is 8.67. The van der Waals surface area contributed by atoms with Crippen LogP contribution in [0.25, 0.3) is 0 Å². The second kappa shape index (κ2) is 8.63. The van der Waals surface area contributed by atoms with Crippen LogP contribution in [0.5, 0.6) is 11.6 Å². The number of aromatic nitrogens is 1. The SMILES string of the molecule is CC1CCCCC1NC(=O)Nc1cccnc1Oc1ccccc1C(C)(C)C. The molecular formula is C23H31N3O2. The topological polar surface area (TPSA) is 63.2 Å². The van der Waals surface area contributed by atoms with Crippen molar-refractivity contribution >= 4 is 11.7 Å². The number of urea groups is 1. The molecule has 1 aromatic carbocycles. The summed E-state index contributed by atoms with van der Waals surface area (Å²) in [6.07, 6.45) is 6.27. The molecule has 5 heteroatoms. The van der Waals surface area contributed by atoms with E-state index in [1.54, 1.807) is 12.3 Å². The van der Waals surface area contributed by atoms with Crippen LogP contribution < -0.4 is 15.4 Å². The number of hydrogen-bond acceptors (Lipinski definition) is 3. The lowest BCUT2D eigenvalue weighted by molar-refractivity contribution is 0.232. The number of para-hydroxylation sites is 1. The van der Waals surface area contributed by atoms with E-state index >= 15 is 0 Å². The van der Waals surface area contributed by atoms with Gasteiger partial charge in [-0.25, -0.2) is 9.78 Å². The minimum Gasteiger partial charge on any atom is -0.437 e. The first-order chi connectivity index (χ1) is 13.3. The van der Waals surface area contributed by atoms with E-state index in [9.17, 15) is 4.79 Å². The van der Waals surface area contributed by atoms with E-state index in [2.05, 4.69) is 49.4 Å². The molecule has 3 rings (SSSR count). The first-order valence-corrected chi connectivity index (χ1v) is 10.1. The van der Waals surface area contributed by atoms with Gasteiger partial charge in [0.1, 0.15) is 11.4 Å². The molecule has 0 aliphatic heterocycles. The van der Waals surface area contributed by atoms with Gasteiger partial charge in [-0.2, -0.15) is 0 Å². The Morgan fingerprint density at radius 3 is 2.61 bits per heavy atom. The third-order valence-electron chi connectivity index (χ3n) is 5.35. The zero-order valence-electron chi connectivity index (χ0n) is 17.3. The van der Waals surface area contributed by atoms with Gasteiger partial charge in [0.25, 0.3) is 0 Å². The Morgan fingerprint density at radius 2 is 1.86 bits per heavy atom. The van der Waals surface area contributed by atoms with Crippen molar-refractivity contribution in [2.24, 2.45) is 5.92 Å². The largest absolute Gasteiger partial charge is 0.437 e. The number of anilines is 1. The Balaban J connectivity index is 1.74. The lowest BCUT2D eigenvalue weighted by atomic mass is 9.86. The molecule has 2 atom stereocenters. The standard InChI is InChI=1S/C23H31N3O2/c1-16-10-5-7-12-18(16)25-22(27)26-19-13-9-15-24-21(19)28-20-14-8-6-11-17(20)23(2,3)4/h6,8-9,11,13-16,18H,5,7,10,12H2,1-4H3,(H2,25,26,27). The van der Waals surface area contributed by atoms with Crippen LogP contribution in [-0.2, 0) is 5.41 Å². The van der Waals surface area contributed by atoms with Crippen LogP contribution in [0.15, 0.2) is 42.6 Å². The number of ether oxygens (including phenoxy) is 1. The molecule has 1 aromatic heterocycles. The van der Waals surface area contributed by atoms with E-state index in [1.165, 1.54) is 12.8 Å². The van der Waals surface area contributed by atoms with Crippen LogP contribution in [-0.4, -0.2) is 17.1 Å². The van der Waals surface area contributed by atoms with Crippen LogP contribution >= 0.6 is 0 Å². The molecule has 1 heterocycles. The fourth-order valence-corrected chi connectivity index (χ4v) is 3.70. The minimum atomic E-state index is -0.208. The number of pyridine rings is 1. The number of carbonyl (C=O) groups is 1. The van der Waals surface area contributed by atoms with Crippen molar-refractivity contribution in [1.82, 2.24) is 10.3 Å². The molecule has 2 aromatic rings. The van der Waals surface area contributed by atoms with Gasteiger partial charge in [0.15, 0.2) is 0 Å². The molecule has 2 unspecified atom stereocenters. The number of nitrogens with zero attached hydrogens (tertiary/aromatic N) is 1. The van der Waals surface area contributed by atoms with Gasteiger partial charge in [0.05, 0.1) is 0 Å². The lowest BCUT2D eigenvalue weighted by Gasteiger charge is -2.29. The highest BCUT2D eigenvalue weighted by molar-refractivity contribution is 5.90. The Hall–Kier alpha value is -2.56. The molecule has 2 N–H and O–H groups in total. The highest BCUT2D eigenvalue weighted by atomic mass is 16.5. The Labute approximate surface area is 167 Å². The van der Waals surface area contributed by atoms with E-state index < -0.39 is 0 Å². The first kappa shape index (κ1) is 20.2. The number of amides is 2. The average molecular weight is 382 g/mol. The summed E-state index contributed by atoms with van der Waals surface area (Å²) in [5, 5.41) is 6.03.